The van der Waals surface area contributed by atoms with Gasteiger partial charge >= 0.3 is 6.11 Å². The van der Waals surface area contributed by atoms with Crippen LogP contribution in [0.3, 0.4) is 0 Å². The highest BCUT2D eigenvalue weighted by molar-refractivity contribution is 5.71. The van der Waals surface area contributed by atoms with Gasteiger partial charge in [-0.25, -0.2) is 26.3 Å². The molecule has 0 unspecified atom stereocenters. The number of halogens is 8. The van der Waals surface area contributed by atoms with Crippen molar-refractivity contribution in [1.29, 1.82) is 0 Å². The van der Waals surface area contributed by atoms with Gasteiger partial charge in [0.15, 0.2) is 29.1 Å². The molecule has 4 aromatic carbocycles. The van der Waals surface area contributed by atoms with E-state index in [9.17, 15) is 35.1 Å². The lowest BCUT2D eigenvalue weighted by molar-refractivity contribution is -0.180. The fraction of sp³-hybridized carbons (Fsp3) is 0.200. The third-order valence-corrected chi connectivity index (χ3v) is 6.17. The molecule has 0 saturated heterocycles. The number of alkyl halides is 2. The number of rotatable bonds is 9. The van der Waals surface area contributed by atoms with Gasteiger partial charge < -0.3 is 4.74 Å². The molecule has 9 heteroatoms. The average molecular weight is 550 g/mol. The summed E-state index contributed by atoms with van der Waals surface area (Å²) in [5, 5.41) is 0. The van der Waals surface area contributed by atoms with Crippen LogP contribution in [0.5, 0.6) is 5.75 Å². The van der Waals surface area contributed by atoms with Crippen molar-refractivity contribution >= 4 is 0 Å². The second kappa shape index (κ2) is 11.5. The Bertz CT molecular complexity index is 1460. The molecular formula is C30H22F8O. The molecule has 0 spiro atoms. The molecule has 1 nitrogen and oxygen atoms in total. The first-order chi connectivity index (χ1) is 18.5. The van der Waals surface area contributed by atoms with Crippen LogP contribution >= 0.6 is 0 Å². The molecule has 0 bridgehead atoms. The molecule has 0 saturated carbocycles. The highest BCUT2D eigenvalue weighted by Gasteiger charge is 2.32. The van der Waals surface area contributed by atoms with Crippen LogP contribution < -0.4 is 4.74 Å². The van der Waals surface area contributed by atoms with Crippen molar-refractivity contribution < 1.29 is 39.9 Å². The fourth-order valence-corrected chi connectivity index (χ4v) is 4.14. The van der Waals surface area contributed by atoms with Crippen molar-refractivity contribution in [1.82, 2.24) is 0 Å². The van der Waals surface area contributed by atoms with Crippen LogP contribution in [0.4, 0.5) is 35.1 Å². The summed E-state index contributed by atoms with van der Waals surface area (Å²) in [4.78, 5) is 0. The van der Waals surface area contributed by atoms with Crippen molar-refractivity contribution in [2.24, 2.45) is 0 Å². The normalized spacial score (nSPS) is 11.6. The standard InChI is InChI=1S/C30H22F8O/c1-2-3-18-4-5-19(28(35)27(18)34)12-13-30(37,38)39-22-9-6-17(7-10-22)20-8-11-23(24(31)14-20)21-15-25(32)29(36)26(33)16-21/h4-11,14-16H,2-3,12-13H2,1H3. The third-order valence-electron chi connectivity index (χ3n) is 6.17. The monoisotopic (exact) mass is 550 g/mol. The molecule has 0 heterocycles. The predicted molar refractivity (Wildman–Crippen MR) is 131 cm³/mol. The third kappa shape index (κ3) is 6.41. The zero-order chi connectivity index (χ0) is 28.3. The van der Waals surface area contributed by atoms with Crippen LogP contribution in [-0.2, 0) is 12.8 Å². The number of aryl methyl sites for hydroxylation is 2. The molecule has 4 rings (SSSR count). The highest BCUT2D eigenvalue weighted by Crippen LogP contribution is 2.32. The Kier molecular flexibility index (Phi) is 8.28. The topological polar surface area (TPSA) is 9.23 Å². The van der Waals surface area contributed by atoms with Crippen LogP contribution in [0.2, 0.25) is 0 Å². The molecule has 0 amide bonds. The maximum absolute atomic E-state index is 14.7. The lowest BCUT2D eigenvalue weighted by atomic mass is 9.99. The summed E-state index contributed by atoms with van der Waals surface area (Å²) in [5.41, 5.74) is 0.421. The molecule has 0 fully saturated rings. The lowest BCUT2D eigenvalue weighted by Gasteiger charge is -2.19. The van der Waals surface area contributed by atoms with Gasteiger partial charge in [-0.3, -0.25) is 0 Å². The van der Waals surface area contributed by atoms with Crippen molar-refractivity contribution in [3.05, 3.63) is 113 Å². The van der Waals surface area contributed by atoms with Crippen molar-refractivity contribution in [2.75, 3.05) is 0 Å². The molecule has 0 aliphatic carbocycles. The number of ether oxygens (including phenoxy) is 1. The quantitative estimate of drug-likeness (QED) is 0.149. The summed E-state index contributed by atoms with van der Waals surface area (Å²) < 4.78 is 117. The minimum absolute atomic E-state index is 0.160. The molecule has 0 aliphatic heterocycles. The van der Waals surface area contributed by atoms with E-state index in [1.54, 1.807) is 0 Å². The van der Waals surface area contributed by atoms with E-state index in [-0.39, 0.29) is 28.0 Å². The van der Waals surface area contributed by atoms with E-state index in [0.717, 1.165) is 6.07 Å². The lowest BCUT2D eigenvalue weighted by Crippen LogP contribution is -2.25. The number of hydrogen-bond donors (Lipinski definition) is 0. The zero-order valence-electron chi connectivity index (χ0n) is 20.6. The summed E-state index contributed by atoms with van der Waals surface area (Å²) in [7, 11) is 0. The Morgan fingerprint density at radius 2 is 1.13 bits per heavy atom. The average Bonchev–Trinajstić information content (AvgIpc) is 2.89. The van der Waals surface area contributed by atoms with Gasteiger partial charge in [-0.2, -0.15) is 8.78 Å². The van der Waals surface area contributed by atoms with Crippen LogP contribution in [-0.4, -0.2) is 6.11 Å². The number of hydrogen-bond acceptors (Lipinski definition) is 1. The van der Waals surface area contributed by atoms with Gasteiger partial charge in [0.05, 0.1) is 6.42 Å². The Morgan fingerprint density at radius 3 is 1.69 bits per heavy atom. The number of benzene rings is 4. The van der Waals surface area contributed by atoms with Gasteiger partial charge in [-0.05, 0) is 71.0 Å². The van der Waals surface area contributed by atoms with Gasteiger partial charge in [0.1, 0.15) is 11.6 Å². The van der Waals surface area contributed by atoms with Crippen LogP contribution in [0.25, 0.3) is 22.3 Å². The van der Waals surface area contributed by atoms with Crippen molar-refractivity contribution in [3.8, 4) is 28.0 Å². The molecule has 39 heavy (non-hydrogen) atoms. The molecule has 0 atom stereocenters. The van der Waals surface area contributed by atoms with E-state index in [0.29, 0.717) is 36.1 Å². The van der Waals surface area contributed by atoms with E-state index >= 15 is 0 Å². The molecule has 0 N–H and O–H groups in total. The first-order valence-electron chi connectivity index (χ1n) is 12.1. The summed E-state index contributed by atoms with van der Waals surface area (Å²) in [6.07, 6.45) is -4.08. The van der Waals surface area contributed by atoms with Gasteiger partial charge in [0, 0.05) is 5.56 Å². The SMILES string of the molecule is CCCc1ccc(CCC(F)(F)Oc2ccc(-c3ccc(-c4cc(F)c(F)c(F)c4)c(F)c3)cc2)c(F)c1F. The minimum Gasteiger partial charge on any atom is -0.433 e. The molecule has 4 aromatic rings. The fourth-order valence-electron chi connectivity index (χ4n) is 4.14. The smallest absolute Gasteiger partial charge is 0.398 e. The summed E-state index contributed by atoms with van der Waals surface area (Å²) in [6, 6.07) is 13.1. The first kappa shape index (κ1) is 28.1. The van der Waals surface area contributed by atoms with E-state index in [1.807, 2.05) is 6.92 Å². The summed E-state index contributed by atoms with van der Waals surface area (Å²) in [6.45, 7) is 1.81. The van der Waals surface area contributed by atoms with Crippen molar-refractivity contribution in [2.45, 2.75) is 38.7 Å². The van der Waals surface area contributed by atoms with Crippen LogP contribution in [0.1, 0.15) is 30.9 Å². The second-order valence-corrected chi connectivity index (χ2v) is 8.97. The van der Waals surface area contributed by atoms with Crippen molar-refractivity contribution in [3.63, 3.8) is 0 Å². The Balaban J connectivity index is 1.44. The van der Waals surface area contributed by atoms with Gasteiger partial charge in [0.25, 0.3) is 0 Å². The highest BCUT2D eigenvalue weighted by atomic mass is 19.3. The zero-order valence-corrected chi connectivity index (χ0v) is 20.6. The minimum atomic E-state index is -3.68. The largest absolute Gasteiger partial charge is 0.433 e. The van der Waals surface area contributed by atoms with E-state index in [1.165, 1.54) is 48.5 Å². The Labute approximate surface area is 219 Å². The molecule has 204 valence electrons. The van der Waals surface area contributed by atoms with Crippen LogP contribution in [0, 0.1) is 34.9 Å². The Morgan fingerprint density at radius 1 is 0.590 bits per heavy atom. The van der Waals surface area contributed by atoms with E-state index in [2.05, 4.69) is 0 Å². The summed E-state index contributed by atoms with van der Waals surface area (Å²) >= 11 is 0. The van der Waals surface area contributed by atoms with Crippen LogP contribution in [0.15, 0.2) is 66.7 Å². The Hall–Kier alpha value is -3.88. The summed E-state index contributed by atoms with van der Waals surface area (Å²) in [5.74, 6) is -7.79. The van der Waals surface area contributed by atoms with E-state index in [4.69, 9.17) is 4.74 Å². The van der Waals surface area contributed by atoms with Gasteiger partial charge in [-0.15, -0.1) is 0 Å². The molecule has 0 radical (unpaired) electrons. The molecule has 0 aromatic heterocycles. The van der Waals surface area contributed by atoms with Gasteiger partial charge in [0.2, 0.25) is 0 Å². The van der Waals surface area contributed by atoms with Gasteiger partial charge in [-0.1, -0.05) is 49.7 Å². The second-order valence-electron chi connectivity index (χ2n) is 8.97. The molecular weight excluding hydrogens is 528 g/mol. The first-order valence-corrected chi connectivity index (χ1v) is 12.1. The maximum atomic E-state index is 14.7. The predicted octanol–water partition coefficient (Wildman–Crippen LogP) is 9.41. The molecule has 0 aliphatic rings. The maximum Gasteiger partial charge on any atom is 0.398 e. The van der Waals surface area contributed by atoms with E-state index < -0.39 is 53.9 Å².